The SMILES string of the molecule is NNc1ccc(CSc2ccc(F)cc2)cc1[N+](=O)[O-]. The highest BCUT2D eigenvalue weighted by Crippen LogP contribution is 2.28. The monoisotopic (exact) mass is 293 g/mol. The zero-order valence-corrected chi connectivity index (χ0v) is 11.2. The van der Waals surface area contributed by atoms with Gasteiger partial charge in [-0.05, 0) is 35.9 Å². The number of nitro benzene ring substituents is 1. The quantitative estimate of drug-likeness (QED) is 0.382. The summed E-state index contributed by atoms with van der Waals surface area (Å²) < 4.78 is 12.8. The second-order valence-corrected chi connectivity index (χ2v) is 5.04. The molecule has 0 saturated heterocycles. The summed E-state index contributed by atoms with van der Waals surface area (Å²) in [5, 5.41) is 10.9. The van der Waals surface area contributed by atoms with E-state index >= 15 is 0 Å². The van der Waals surface area contributed by atoms with E-state index in [1.807, 2.05) is 0 Å². The summed E-state index contributed by atoms with van der Waals surface area (Å²) in [6.45, 7) is 0. The van der Waals surface area contributed by atoms with E-state index in [-0.39, 0.29) is 17.2 Å². The molecule has 0 atom stereocenters. The third-order valence-corrected chi connectivity index (χ3v) is 3.72. The molecule has 0 bridgehead atoms. The van der Waals surface area contributed by atoms with Crippen molar-refractivity contribution in [1.29, 1.82) is 0 Å². The molecule has 0 fully saturated rings. The van der Waals surface area contributed by atoms with Crippen LogP contribution in [-0.2, 0) is 5.75 Å². The number of nitrogens with one attached hydrogen (secondary N) is 1. The Bertz CT molecular complexity index is 620. The van der Waals surface area contributed by atoms with Crippen molar-refractivity contribution in [2.45, 2.75) is 10.6 Å². The van der Waals surface area contributed by atoms with Crippen LogP contribution >= 0.6 is 11.8 Å². The van der Waals surface area contributed by atoms with E-state index in [9.17, 15) is 14.5 Å². The van der Waals surface area contributed by atoms with Crippen LogP contribution in [0.5, 0.6) is 0 Å². The van der Waals surface area contributed by atoms with Gasteiger partial charge in [0.1, 0.15) is 11.5 Å². The van der Waals surface area contributed by atoms with E-state index < -0.39 is 4.92 Å². The summed E-state index contributed by atoms with van der Waals surface area (Å²) >= 11 is 1.48. The molecule has 0 aliphatic heterocycles. The number of rotatable bonds is 5. The molecule has 0 aromatic heterocycles. The number of anilines is 1. The van der Waals surface area contributed by atoms with Crippen LogP contribution < -0.4 is 11.3 Å². The van der Waals surface area contributed by atoms with Gasteiger partial charge in [-0.25, -0.2) is 4.39 Å². The molecule has 0 saturated carbocycles. The summed E-state index contributed by atoms with van der Waals surface area (Å²) in [6.07, 6.45) is 0. The van der Waals surface area contributed by atoms with Crippen molar-refractivity contribution in [3.8, 4) is 0 Å². The van der Waals surface area contributed by atoms with E-state index in [1.165, 1.54) is 30.0 Å². The van der Waals surface area contributed by atoms with Crippen LogP contribution in [0.4, 0.5) is 15.8 Å². The first-order valence-electron chi connectivity index (χ1n) is 5.72. The predicted molar refractivity (Wildman–Crippen MR) is 76.9 cm³/mol. The minimum absolute atomic E-state index is 0.0651. The van der Waals surface area contributed by atoms with Gasteiger partial charge in [-0.3, -0.25) is 16.0 Å². The number of hydrazine groups is 1. The molecule has 7 heteroatoms. The first kappa shape index (κ1) is 14.3. The van der Waals surface area contributed by atoms with Crippen LogP contribution in [0.1, 0.15) is 5.56 Å². The van der Waals surface area contributed by atoms with Gasteiger partial charge in [0.25, 0.3) is 5.69 Å². The van der Waals surface area contributed by atoms with Gasteiger partial charge in [0, 0.05) is 16.7 Å². The summed E-state index contributed by atoms with van der Waals surface area (Å²) in [5.74, 6) is 5.49. The zero-order valence-electron chi connectivity index (χ0n) is 10.4. The Balaban J connectivity index is 2.11. The van der Waals surface area contributed by atoms with Gasteiger partial charge >= 0.3 is 0 Å². The molecule has 20 heavy (non-hydrogen) atoms. The summed E-state index contributed by atoms with van der Waals surface area (Å²) in [7, 11) is 0. The molecule has 0 aliphatic rings. The number of hydrogen-bond donors (Lipinski definition) is 2. The van der Waals surface area contributed by atoms with Gasteiger partial charge in [0.15, 0.2) is 0 Å². The lowest BCUT2D eigenvalue weighted by Crippen LogP contribution is -2.09. The lowest BCUT2D eigenvalue weighted by atomic mass is 10.2. The van der Waals surface area contributed by atoms with Crippen molar-refractivity contribution in [1.82, 2.24) is 0 Å². The Morgan fingerprint density at radius 1 is 1.25 bits per heavy atom. The van der Waals surface area contributed by atoms with Crippen molar-refractivity contribution in [3.63, 3.8) is 0 Å². The molecular formula is C13H12FN3O2S. The van der Waals surface area contributed by atoms with Gasteiger partial charge in [0.2, 0.25) is 0 Å². The van der Waals surface area contributed by atoms with E-state index in [2.05, 4.69) is 5.43 Å². The van der Waals surface area contributed by atoms with Crippen LogP contribution in [0.25, 0.3) is 0 Å². The molecule has 0 amide bonds. The van der Waals surface area contributed by atoms with Crippen molar-refractivity contribution < 1.29 is 9.31 Å². The standard InChI is InChI=1S/C13H12FN3O2S/c14-10-2-4-11(5-3-10)20-8-9-1-6-12(16-15)13(7-9)17(18)19/h1-7,16H,8,15H2. The number of nitro groups is 1. The van der Waals surface area contributed by atoms with Gasteiger partial charge < -0.3 is 5.43 Å². The smallest absolute Gasteiger partial charge is 0.293 e. The Hall–Kier alpha value is -2.12. The topological polar surface area (TPSA) is 81.2 Å². The van der Waals surface area contributed by atoms with Crippen molar-refractivity contribution >= 4 is 23.1 Å². The first-order chi connectivity index (χ1) is 9.60. The Kier molecular flexibility index (Phi) is 4.54. The minimum Gasteiger partial charge on any atom is -0.318 e. The molecule has 5 nitrogen and oxygen atoms in total. The highest BCUT2D eigenvalue weighted by atomic mass is 32.2. The van der Waals surface area contributed by atoms with E-state index in [4.69, 9.17) is 5.84 Å². The molecule has 0 aliphatic carbocycles. The number of nitrogen functional groups attached to an aromatic ring is 1. The van der Waals surface area contributed by atoms with Crippen molar-refractivity contribution in [2.24, 2.45) is 5.84 Å². The molecule has 2 aromatic carbocycles. The zero-order chi connectivity index (χ0) is 14.5. The molecule has 3 N–H and O–H groups in total. The van der Waals surface area contributed by atoms with E-state index in [0.29, 0.717) is 5.75 Å². The van der Waals surface area contributed by atoms with Crippen LogP contribution in [0.3, 0.4) is 0 Å². The maximum Gasteiger partial charge on any atom is 0.293 e. The molecule has 2 rings (SSSR count). The van der Waals surface area contributed by atoms with E-state index in [0.717, 1.165) is 10.5 Å². The lowest BCUT2D eigenvalue weighted by molar-refractivity contribution is -0.384. The van der Waals surface area contributed by atoms with Crippen molar-refractivity contribution in [2.75, 3.05) is 5.43 Å². The van der Waals surface area contributed by atoms with Crippen LogP contribution in [-0.4, -0.2) is 4.92 Å². The van der Waals surface area contributed by atoms with Crippen molar-refractivity contribution in [3.05, 3.63) is 64.0 Å². The third kappa shape index (κ3) is 3.46. The summed E-state index contributed by atoms with van der Waals surface area (Å²) in [6, 6.07) is 10.9. The predicted octanol–water partition coefficient (Wildman–Crippen LogP) is 3.31. The molecule has 0 radical (unpaired) electrons. The second kappa shape index (κ2) is 6.36. The molecular weight excluding hydrogens is 281 g/mol. The number of nitrogens with two attached hydrogens (primary N) is 1. The second-order valence-electron chi connectivity index (χ2n) is 4.00. The van der Waals surface area contributed by atoms with Gasteiger partial charge in [-0.1, -0.05) is 6.07 Å². The van der Waals surface area contributed by atoms with Crippen LogP contribution in [0.2, 0.25) is 0 Å². The number of halogens is 1. The molecule has 2 aromatic rings. The lowest BCUT2D eigenvalue weighted by Gasteiger charge is -2.05. The maximum atomic E-state index is 12.8. The van der Waals surface area contributed by atoms with Gasteiger partial charge in [0.05, 0.1) is 4.92 Å². The number of hydrogen-bond acceptors (Lipinski definition) is 5. The Labute approximate surface area is 119 Å². The third-order valence-electron chi connectivity index (χ3n) is 2.63. The highest BCUT2D eigenvalue weighted by Gasteiger charge is 2.13. The Morgan fingerprint density at radius 3 is 2.55 bits per heavy atom. The normalized spacial score (nSPS) is 10.3. The van der Waals surface area contributed by atoms with E-state index in [1.54, 1.807) is 24.3 Å². The minimum atomic E-state index is -0.485. The highest BCUT2D eigenvalue weighted by molar-refractivity contribution is 7.98. The summed E-state index contributed by atoms with van der Waals surface area (Å²) in [4.78, 5) is 11.3. The molecule has 0 heterocycles. The first-order valence-corrected chi connectivity index (χ1v) is 6.71. The van der Waals surface area contributed by atoms with Gasteiger partial charge in [-0.15, -0.1) is 11.8 Å². The molecule has 104 valence electrons. The fraction of sp³-hybridized carbons (Fsp3) is 0.0769. The molecule has 0 spiro atoms. The molecule has 0 unspecified atom stereocenters. The van der Waals surface area contributed by atoms with Crippen LogP contribution in [0, 0.1) is 15.9 Å². The fourth-order valence-electron chi connectivity index (χ4n) is 1.64. The van der Waals surface area contributed by atoms with Gasteiger partial charge in [-0.2, -0.15) is 0 Å². The largest absolute Gasteiger partial charge is 0.318 e. The average Bonchev–Trinajstić information content (AvgIpc) is 2.46. The Morgan fingerprint density at radius 2 is 1.95 bits per heavy atom. The number of benzene rings is 2. The maximum absolute atomic E-state index is 12.8. The number of nitrogens with zero attached hydrogens (tertiary/aromatic N) is 1. The van der Waals surface area contributed by atoms with Crippen LogP contribution in [0.15, 0.2) is 47.4 Å². The number of thioether (sulfide) groups is 1. The average molecular weight is 293 g/mol. The summed E-state index contributed by atoms with van der Waals surface area (Å²) in [5.41, 5.74) is 3.29. The fourth-order valence-corrected chi connectivity index (χ4v) is 2.48.